The highest BCUT2D eigenvalue weighted by Crippen LogP contribution is 2.32. The van der Waals surface area contributed by atoms with Crippen LogP contribution in [-0.4, -0.2) is 75.9 Å². The number of amides is 4. The van der Waals surface area contributed by atoms with E-state index in [4.69, 9.17) is 0 Å². The highest BCUT2D eigenvalue weighted by atomic mass is 32.2. The van der Waals surface area contributed by atoms with Crippen LogP contribution in [0.2, 0.25) is 0 Å². The lowest BCUT2D eigenvalue weighted by Gasteiger charge is -2.23. The normalized spacial score (nSPS) is 21.0. The first-order valence-corrected chi connectivity index (χ1v) is 18.1. The van der Waals surface area contributed by atoms with E-state index < -0.39 is 48.6 Å². The van der Waals surface area contributed by atoms with E-state index in [1.807, 2.05) is 0 Å². The monoisotopic (exact) mass is 742 g/mol. The van der Waals surface area contributed by atoms with Gasteiger partial charge >= 0.3 is 6.03 Å². The van der Waals surface area contributed by atoms with Crippen LogP contribution in [0.3, 0.4) is 0 Å². The van der Waals surface area contributed by atoms with Crippen LogP contribution in [0.25, 0.3) is 0 Å². The number of aliphatic hydroxyl groups is 2. The zero-order valence-electron chi connectivity index (χ0n) is 26.4. The van der Waals surface area contributed by atoms with Gasteiger partial charge in [-0.25, -0.2) is 14.8 Å². The van der Waals surface area contributed by atoms with Crippen molar-refractivity contribution in [1.82, 2.24) is 0 Å². The van der Waals surface area contributed by atoms with E-state index in [0.29, 0.717) is 11.4 Å². The van der Waals surface area contributed by atoms with Crippen molar-refractivity contribution in [2.24, 2.45) is 9.98 Å². The van der Waals surface area contributed by atoms with Crippen LogP contribution in [0.15, 0.2) is 153 Å². The summed E-state index contributed by atoms with van der Waals surface area (Å²) in [5.41, 5.74) is 1.41. The van der Waals surface area contributed by atoms with Crippen LogP contribution < -0.4 is 10.6 Å². The third-order valence-electron chi connectivity index (χ3n) is 7.93. The first-order chi connectivity index (χ1) is 24.6. The van der Waals surface area contributed by atoms with E-state index in [1.54, 1.807) is 0 Å². The van der Waals surface area contributed by atoms with E-state index in [9.17, 15) is 50.5 Å². The number of fused-ring (bicyclic) bond motifs is 2. The summed E-state index contributed by atoms with van der Waals surface area (Å²) in [5, 5.41) is 22.6. The number of rotatable bonds is 6. The first-order valence-electron chi connectivity index (χ1n) is 15.1. The molecule has 52 heavy (non-hydrogen) atoms. The van der Waals surface area contributed by atoms with E-state index in [2.05, 4.69) is 20.6 Å². The summed E-state index contributed by atoms with van der Waals surface area (Å²) in [6.45, 7) is 0. The molecule has 4 amide bonds. The number of hydrogen-bond acceptors (Lipinski definition) is 9. The zero-order valence-corrected chi connectivity index (χ0v) is 28.0. The Hall–Kier alpha value is -6.27. The molecule has 0 saturated carbocycles. The Morgan fingerprint density at radius 1 is 0.577 bits per heavy atom. The summed E-state index contributed by atoms with van der Waals surface area (Å²) in [7, 11) is -9.09. The fraction of sp³-hybridized carbons (Fsp3) is 0.0571. The minimum Gasteiger partial charge on any atom is -0.508 e. The van der Waals surface area contributed by atoms with Gasteiger partial charge in [0.15, 0.2) is 0 Å². The van der Waals surface area contributed by atoms with Crippen LogP contribution in [0.1, 0.15) is 20.7 Å². The highest BCUT2D eigenvalue weighted by molar-refractivity contribution is 7.87. The Morgan fingerprint density at radius 3 is 1.29 bits per heavy atom. The molecule has 6 N–H and O–H groups in total. The highest BCUT2D eigenvalue weighted by Gasteiger charge is 2.34. The maximum atomic E-state index is 12.9. The molecule has 2 atom stereocenters. The number of aliphatic hydroxyl groups excluding tert-OH is 2. The molecular formula is C35H26N4O11S2. The van der Waals surface area contributed by atoms with Crippen LogP contribution in [0.5, 0.6) is 0 Å². The van der Waals surface area contributed by atoms with Gasteiger partial charge in [0.25, 0.3) is 32.1 Å². The molecule has 0 saturated heterocycles. The Morgan fingerprint density at radius 2 is 0.942 bits per heavy atom. The molecular weight excluding hydrogens is 717 g/mol. The molecule has 0 fully saturated rings. The maximum absolute atomic E-state index is 12.9. The quantitative estimate of drug-likeness (QED) is 0.220. The topological polar surface area (TPSA) is 249 Å². The fourth-order valence-corrected chi connectivity index (χ4v) is 7.18. The SMILES string of the molecule is O=C(Nc1ccc(C(=O)N=C2C=C(O)C=C3C2=CC=CC3S(=O)(=O)O)cc1)Nc1ccc(C(=O)N=C2C=C(O)C=C3C2=CC=CC3S(=O)(=O)O)cc1. The zero-order chi connectivity index (χ0) is 37.4. The van der Waals surface area contributed by atoms with Crippen LogP contribution >= 0.6 is 0 Å². The molecule has 6 rings (SSSR count). The van der Waals surface area contributed by atoms with Crippen LogP contribution in [-0.2, 0) is 20.2 Å². The van der Waals surface area contributed by atoms with Crippen molar-refractivity contribution in [3.05, 3.63) is 154 Å². The van der Waals surface area contributed by atoms with E-state index in [-0.39, 0.29) is 56.4 Å². The second kappa shape index (κ2) is 13.8. The lowest BCUT2D eigenvalue weighted by molar-refractivity contribution is 0.0994. The molecule has 0 spiro atoms. The summed E-state index contributed by atoms with van der Waals surface area (Å²) < 4.78 is 66.5. The number of urea groups is 1. The van der Waals surface area contributed by atoms with Gasteiger partial charge in [-0.1, -0.05) is 36.5 Å². The van der Waals surface area contributed by atoms with Gasteiger partial charge in [-0.2, -0.15) is 16.8 Å². The molecule has 15 nitrogen and oxygen atoms in total. The molecule has 0 aliphatic heterocycles. The van der Waals surface area contributed by atoms with Gasteiger partial charge in [-0.3, -0.25) is 18.7 Å². The number of nitrogens with zero attached hydrogens (tertiary/aromatic N) is 2. The van der Waals surface area contributed by atoms with Gasteiger partial charge in [0, 0.05) is 45.8 Å². The number of aliphatic imine (C=N–C) groups is 2. The smallest absolute Gasteiger partial charge is 0.323 e. The average molecular weight is 743 g/mol. The predicted octanol–water partition coefficient (Wildman–Crippen LogP) is 4.76. The molecule has 264 valence electrons. The lowest BCUT2D eigenvalue weighted by atomic mass is 9.89. The molecule has 2 unspecified atom stereocenters. The molecule has 2 aromatic rings. The molecule has 0 heterocycles. The van der Waals surface area contributed by atoms with Crippen molar-refractivity contribution in [3.8, 4) is 0 Å². The third kappa shape index (κ3) is 7.72. The van der Waals surface area contributed by atoms with Gasteiger partial charge in [0.1, 0.15) is 22.0 Å². The van der Waals surface area contributed by atoms with Crippen molar-refractivity contribution >= 4 is 60.9 Å². The number of hydrogen-bond donors (Lipinski definition) is 6. The molecule has 0 radical (unpaired) electrons. The van der Waals surface area contributed by atoms with Gasteiger partial charge in [-0.05, 0) is 71.8 Å². The number of nitrogens with one attached hydrogen (secondary N) is 2. The van der Waals surface area contributed by atoms with Gasteiger partial charge in [0.2, 0.25) is 0 Å². The van der Waals surface area contributed by atoms with Crippen molar-refractivity contribution in [3.63, 3.8) is 0 Å². The van der Waals surface area contributed by atoms with E-state index >= 15 is 0 Å². The van der Waals surface area contributed by atoms with Crippen LogP contribution in [0.4, 0.5) is 16.2 Å². The number of allylic oxidation sites excluding steroid dienone is 10. The second-order valence-electron chi connectivity index (χ2n) is 11.5. The number of anilines is 2. The molecule has 4 aliphatic carbocycles. The molecule has 0 aromatic heterocycles. The van der Waals surface area contributed by atoms with Crippen LogP contribution in [0, 0.1) is 0 Å². The predicted molar refractivity (Wildman–Crippen MR) is 192 cm³/mol. The minimum atomic E-state index is -4.54. The van der Waals surface area contributed by atoms with Crippen molar-refractivity contribution in [2.75, 3.05) is 10.6 Å². The standard InChI is InChI=1S/C35H26N4O11S2/c40-23-15-27-25(3-1-5-31(27)51(45,46)47)29(17-23)38-33(42)19-7-11-21(12-8-19)36-35(44)37-22-13-9-20(10-14-22)34(43)39-30-18-24(41)16-28-26(30)4-2-6-32(28)52(48,49)50/h1-18,31-32,40-41H,(H2,36,37,44)(H,45,46,47)(H,48,49,50). The number of benzene rings is 2. The summed E-state index contributed by atoms with van der Waals surface area (Å²) in [5.74, 6) is -2.16. The Bertz CT molecular complexity index is 2290. The molecule has 0 bridgehead atoms. The Kier molecular flexibility index (Phi) is 9.44. The van der Waals surface area contributed by atoms with E-state index in [1.165, 1.54) is 109 Å². The molecule has 4 aliphatic rings. The first kappa shape index (κ1) is 35.6. The Labute approximate surface area is 296 Å². The van der Waals surface area contributed by atoms with Crippen molar-refractivity contribution < 1.29 is 50.5 Å². The molecule has 17 heteroatoms. The fourth-order valence-electron chi connectivity index (χ4n) is 5.57. The van der Waals surface area contributed by atoms with Gasteiger partial charge in [-0.15, -0.1) is 0 Å². The summed E-state index contributed by atoms with van der Waals surface area (Å²) in [4.78, 5) is 46.6. The second-order valence-corrected chi connectivity index (χ2v) is 14.6. The summed E-state index contributed by atoms with van der Waals surface area (Å²) in [6, 6.07) is 10.7. The lowest BCUT2D eigenvalue weighted by Crippen LogP contribution is -2.27. The van der Waals surface area contributed by atoms with Gasteiger partial charge in [0.05, 0.1) is 11.4 Å². The van der Waals surface area contributed by atoms with Crippen molar-refractivity contribution in [2.45, 2.75) is 10.5 Å². The average Bonchev–Trinajstić information content (AvgIpc) is 3.07. The van der Waals surface area contributed by atoms with Gasteiger partial charge < -0.3 is 20.8 Å². The maximum Gasteiger partial charge on any atom is 0.323 e. The number of carbonyl (C=O) groups is 3. The summed E-state index contributed by atoms with van der Waals surface area (Å²) >= 11 is 0. The van der Waals surface area contributed by atoms with Crippen molar-refractivity contribution in [1.29, 1.82) is 0 Å². The third-order valence-corrected chi connectivity index (χ3v) is 10.0. The molecule has 2 aromatic carbocycles. The van der Waals surface area contributed by atoms with E-state index in [0.717, 1.165) is 0 Å². The number of carbonyl (C=O) groups excluding carboxylic acids is 3. The Balaban J connectivity index is 1.08. The largest absolute Gasteiger partial charge is 0.508 e. The minimum absolute atomic E-state index is 0.0102. The summed E-state index contributed by atoms with van der Waals surface area (Å²) in [6.07, 6.45) is 13.0.